The Hall–Kier alpha value is -2.34. The number of anilines is 1. The van der Waals surface area contributed by atoms with Crippen molar-refractivity contribution in [3.05, 3.63) is 40.2 Å². The van der Waals surface area contributed by atoms with E-state index < -0.39 is 5.91 Å². The molecule has 2 aromatic rings. The zero-order chi connectivity index (χ0) is 15.9. The molecule has 0 aliphatic heterocycles. The second kappa shape index (κ2) is 5.46. The molecular weight excluding hydrogens is 282 g/mol. The van der Waals surface area contributed by atoms with E-state index in [4.69, 9.17) is 10.8 Å². The van der Waals surface area contributed by atoms with Crippen LogP contribution in [0.15, 0.2) is 29.2 Å². The molecule has 1 aromatic carbocycles. The van der Waals surface area contributed by atoms with Gasteiger partial charge in [-0.1, -0.05) is 6.07 Å². The van der Waals surface area contributed by atoms with Crippen molar-refractivity contribution < 1.29 is 9.90 Å². The number of aliphatic hydroxyl groups excluding tert-OH is 1. The van der Waals surface area contributed by atoms with Crippen molar-refractivity contribution in [1.29, 1.82) is 0 Å². The quantitative estimate of drug-likeness (QED) is 0.824. The second-order valence-corrected chi connectivity index (χ2v) is 5.70. The van der Waals surface area contributed by atoms with Gasteiger partial charge in [-0.2, -0.15) is 0 Å². The molecule has 0 saturated heterocycles. The van der Waals surface area contributed by atoms with Gasteiger partial charge in [-0.3, -0.25) is 9.59 Å². The molecular formula is C16H19N3O3. The molecule has 1 fully saturated rings. The number of hydrogen-bond acceptors (Lipinski definition) is 4. The van der Waals surface area contributed by atoms with E-state index >= 15 is 0 Å². The van der Waals surface area contributed by atoms with Gasteiger partial charge >= 0.3 is 0 Å². The summed E-state index contributed by atoms with van der Waals surface area (Å²) < 4.78 is 1.98. The first-order valence-corrected chi connectivity index (χ1v) is 7.34. The standard InChI is InChI=1S/C16H19N3O3/c1-18(7-8-20)16(22)11-9-19(10-5-6-10)13-4-2-3-12(17)14(13)15(11)21/h2-4,9-10,20H,5-8,17H2,1H3. The van der Waals surface area contributed by atoms with Gasteiger partial charge in [-0.15, -0.1) is 0 Å². The molecule has 3 rings (SSSR count). The molecule has 116 valence electrons. The SMILES string of the molecule is CN(CCO)C(=O)c1cn(C2CC2)c2cccc(N)c2c1=O. The van der Waals surface area contributed by atoms with Gasteiger partial charge in [0.1, 0.15) is 5.56 Å². The summed E-state index contributed by atoms with van der Waals surface area (Å²) in [5, 5.41) is 9.37. The minimum atomic E-state index is -0.390. The van der Waals surface area contributed by atoms with E-state index in [2.05, 4.69) is 0 Å². The highest BCUT2D eigenvalue weighted by Crippen LogP contribution is 2.37. The number of carbonyl (C=O) groups excluding carboxylic acids is 1. The van der Waals surface area contributed by atoms with Crippen molar-refractivity contribution in [2.45, 2.75) is 18.9 Å². The summed E-state index contributed by atoms with van der Waals surface area (Å²) >= 11 is 0. The first-order chi connectivity index (χ1) is 10.5. The Morgan fingerprint density at radius 2 is 2.18 bits per heavy atom. The number of aliphatic hydroxyl groups is 1. The van der Waals surface area contributed by atoms with Gasteiger partial charge in [-0.25, -0.2) is 0 Å². The van der Waals surface area contributed by atoms with Crippen molar-refractivity contribution in [3.63, 3.8) is 0 Å². The summed E-state index contributed by atoms with van der Waals surface area (Å²) in [6.45, 7) is 0.0405. The maximum Gasteiger partial charge on any atom is 0.259 e. The van der Waals surface area contributed by atoms with Crippen LogP contribution in [-0.2, 0) is 0 Å². The van der Waals surface area contributed by atoms with Crippen molar-refractivity contribution in [2.24, 2.45) is 0 Å². The molecule has 1 aromatic heterocycles. The molecule has 6 nitrogen and oxygen atoms in total. The van der Waals surface area contributed by atoms with Crippen LogP contribution >= 0.6 is 0 Å². The van der Waals surface area contributed by atoms with Crippen LogP contribution in [0.1, 0.15) is 29.2 Å². The zero-order valence-electron chi connectivity index (χ0n) is 12.5. The fourth-order valence-electron chi connectivity index (χ4n) is 2.69. The third kappa shape index (κ3) is 2.35. The average Bonchev–Trinajstić information content (AvgIpc) is 3.32. The summed E-state index contributed by atoms with van der Waals surface area (Å²) in [5.41, 5.74) is 6.89. The number of nitrogens with two attached hydrogens (primary N) is 1. The van der Waals surface area contributed by atoms with Gasteiger partial charge in [0.15, 0.2) is 0 Å². The van der Waals surface area contributed by atoms with Crippen LogP contribution in [0.3, 0.4) is 0 Å². The Labute approximate surface area is 127 Å². The van der Waals surface area contributed by atoms with Crippen LogP contribution in [-0.4, -0.2) is 40.7 Å². The number of nitrogens with zero attached hydrogens (tertiary/aromatic N) is 2. The van der Waals surface area contributed by atoms with Gasteiger partial charge in [-0.05, 0) is 25.0 Å². The lowest BCUT2D eigenvalue weighted by molar-refractivity contribution is 0.0765. The fourth-order valence-corrected chi connectivity index (χ4v) is 2.69. The summed E-state index contributed by atoms with van der Waals surface area (Å²) in [6.07, 6.45) is 3.71. The van der Waals surface area contributed by atoms with Gasteiger partial charge in [0.2, 0.25) is 5.43 Å². The molecule has 1 heterocycles. The predicted molar refractivity (Wildman–Crippen MR) is 84.9 cm³/mol. The molecule has 0 atom stereocenters. The normalized spacial score (nSPS) is 14.3. The topological polar surface area (TPSA) is 88.6 Å². The molecule has 1 aliphatic carbocycles. The van der Waals surface area contributed by atoms with Crippen LogP contribution in [0.2, 0.25) is 0 Å². The summed E-state index contributed by atoms with van der Waals surface area (Å²) in [6, 6.07) is 5.67. The minimum Gasteiger partial charge on any atom is -0.398 e. The van der Waals surface area contributed by atoms with Gasteiger partial charge in [0.25, 0.3) is 5.91 Å². The second-order valence-electron chi connectivity index (χ2n) is 5.70. The third-order valence-corrected chi connectivity index (χ3v) is 4.05. The number of likely N-dealkylation sites (N-methyl/N-ethyl adjacent to an activating group) is 1. The van der Waals surface area contributed by atoms with Gasteiger partial charge in [0.05, 0.1) is 17.5 Å². The van der Waals surface area contributed by atoms with E-state index in [1.54, 1.807) is 19.3 Å². The molecule has 1 saturated carbocycles. The van der Waals surface area contributed by atoms with E-state index in [0.29, 0.717) is 17.1 Å². The Bertz CT molecular complexity index is 793. The van der Waals surface area contributed by atoms with E-state index in [-0.39, 0.29) is 24.1 Å². The van der Waals surface area contributed by atoms with Crippen molar-refractivity contribution in [3.8, 4) is 0 Å². The zero-order valence-corrected chi connectivity index (χ0v) is 12.5. The van der Waals surface area contributed by atoms with Crippen LogP contribution in [0.4, 0.5) is 5.69 Å². The van der Waals surface area contributed by atoms with Gasteiger partial charge < -0.3 is 20.3 Å². The highest BCUT2D eigenvalue weighted by Gasteiger charge is 2.27. The molecule has 0 radical (unpaired) electrons. The molecule has 0 bridgehead atoms. The first kappa shape index (κ1) is 14.6. The fraction of sp³-hybridized carbons (Fsp3) is 0.375. The highest BCUT2D eigenvalue weighted by molar-refractivity contribution is 6.00. The molecule has 1 amide bonds. The number of rotatable bonds is 4. The lowest BCUT2D eigenvalue weighted by Gasteiger charge is -2.18. The molecule has 1 aliphatic rings. The Balaban J connectivity index is 2.23. The van der Waals surface area contributed by atoms with Crippen LogP contribution in [0.25, 0.3) is 10.9 Å². The Morgan fingerprint density at radius 1 is 1.45 bits per heavy atom. The third-order valence-electron chi connectivity index (χ3n) is 4.05. The number of pyridine rings is 1. The lowest BCUT2D eigenvalue weighted by atomic mass is 10.1. The van der Waals surface area contributed by atoms with Crippen molar-refractivity contribution in [2.75, 3.05) is 25.9 Å². The number of benzene rings is 1. The Morgan fingerprint density at radius 3 is 2.82 bits per heavy atom. The molecule has 0 unspecified atom stereocenters. The van der Waals surface area contributed by atoms with Crippen LogP contribution in [0.5, 0.6) is 0 Å². The van der Waals surface area contributed by atoms with Crippen LogP contribution < -0.4 is 11.2 Å². The number of fused-ring (bicyclic) bond motifs is 1. The number of amides is 1. The number of hydrogen-bond donors (Lipinski definition) is 2. The van der Waals surface area contributed by atoms with E-state index in [1.807, 2.05) is 16.7 Å². The number of nitrogen functional groups attached to an aromatic ring is 1. The van der Waals surface area contributed by atoms with E-state index in [0.717, 1.165) is 18.4 Å². The average molecular weight is 301 g/mol. The summed E-state index contributed by atoms with van der Waals surface area (Å²) in [4.78, 5) is 26.5. The number of aromatic nitrogens is 1. The van der Waals surface area contributed by atoms with E-state index in [9.17, 15) is 9.59 Å². The lowest BCUT2D eigenvalue weighted by Crippen LogP contribution is -2.33. The monoisotopic (exact) mass is 301 g/mol. The van der Waals surface area contributed by atoms with E-state index in [1.165, 1.54) is 4.90 Å². The minimum absolute atomic E-state index is 0.105. The van der Waals surface area contributed by atoms with Gasteiger partial charge in [0, 0.05) is 31.5 Å². The smallest absolute Gasteiger partial charge is 0.259 e. The first-order valence-electron chi connectivity index (χ1n) is 7.34. The predicted octanol–water partition coefficient (Wildman–Crippen LogP) is 0.983. The molecule has 3 N–H and O–H groups in total. The maximum absolute atomic E-state index is 12.7. The van der Waals surface area contributed by atoms with Crippen molar-refractivity contribution in [1.82, 2.24) is 9.47 Å². The number of carbonyl (C=O) groups is 1. The maximum atomic E-state index is 12.7. The molecule has 6 heteroatoms. The Kier molecular flexibility index (Phi) is 3.62. The molecule has 0 spiro atoms. The summed E-state index contributed by atoms with van der Waals surface area (Å²) in [7, 11) is 1.57. The largest absolute Gasteiger partial charge is 0.398 e. The summed E-state index contributed by atoms with van der Waals surface area (Å²) in [5.74, 6) is -0.390. The van der Waals surface area contributed by atoms with Crippen LogP contribution in [0, 0.1) is 0 Å². The highest BCUT2D eigenvalue weighted by atomic mass is 16.3. The molecule has 22 heavy (non-hydrogen) atoms. The van der Waals surface area contributed by atoms with Crippen molar-refractivity contribution >= 4 is 22.5 Å².